The molecule has 154 valence electrons. The molecule has 0 spiro atoms. The summed E-state index contributed by atoms with van der Waals surface area (Å²) in [6, 6.07) is 5.30. The zero-order valence-electron chi connectivity index (χ0n) is 15.7. The van der Waals surface area contributed by atoms with E-state index in [1.807, 2.05) is 0 Å². The Morgan fingerprint density at radius 1 is 1.00 bits per heavy atom. The average molecular weight is 397 g/mol. The van der Waals surface area contributed by atoms with Crippen LogP contribution in [0.2, 0.25) is 0 Å². The van der Waals surface area contributed by atoms with Crippen molar-refractivity contribution in [1.82, 2.24) is 10.2 Å². The van der Waals surface area contributed by atoms with Gasteiger partial charge < -0.3 is 15.5 Å². The van der Waals surface area contributed by atoms with E-state index in [1.165, 1.54) is 37.8 Å². The predicted octanol–water partition coefficient (Wildman–Crippen LogP) is 3.41. The summed E-state index contributed by atoms with van der Waals surface area (Å²) >= 11 is 0. The van der Waals surface area contributed by atoms with Crippen LogP contribution in [0.15, 0.2) is 24.3 Å². The van der Waals surface area contributed by atoms with Crippen molar-refractivity contribution in [3.63, 3.8) is 0 Å². The first kappa shape index (κ1) is 20.6. The lowest BCUT2D eigenvalue weighted by molar-refractivity contribution is -0.138. The van der Waals surface area contributed by atoms with E-state index in [0.717, 1.165) is 38.1 Å². The maximum absolute atomic E-state index is 13.0. The fourth-order valence-electron chi connectivity index (χ4n) is 4.13. The molecule has 0 radical (unpaired) electrons. The molecule has 0 unspecified atom stereocenters. The Labute approximate surface area is 162 Å². The topological polar surface area (TPSA) is 61.4 Å². The molecule has 1 aliphatic carbocycles. The fraction of sp³-hybridized carbons (Fsp3) is 0.600. The van der Waals surface area contributed by atoms with Gasteiger partial charge in [0.2, 0.25) is 0 Å². The van der Waals surface area contributed by atoms with Gasteiger partial charge in [-0.2, -0.15) is 13.2 Å². The van der Waals surface area contributed by atoms with Gasteiger partial charge in [0.25, 0.3) is 0 Å². The molecule has 1 aromatic rings. The highest BCUT2D eigenvalue weighted by atomic mass is 19.4. The maximum atomic E-state index is 13.0. The normalized spacial score (nSPS) is 19.5. The highest BCUT2D eigenvalue weighted by Gasteiger charge is 2.34. The van der Waals surface area contributed by atoms with Crippen LogP contribution in [0.5, 0.6) is 0 Å². The Morgan fingerprint density at radius 3 is 2.29 bits per heavy atom. The highest BCUT2D eigenvalue weighted by Crippen LogP contribution is 2.34. The van der Waals surface area contributed by atoms with Gasteiger partial charge >= 0.3 is 18.0 Å². The van der Waals surface area contributed by atoms with Crippen molar-refractivity contribution in [2.75, 3.05) is 25.0 Å². The second-order valence-electron chi connectivity index (χ2n) is 7.63. The molecular formula is C20H26F3N3O2. The van der Waals surface area contributed by atoms with Crippen molar-refractivity contribution >= 4 is 17.5 Å². The van der Waals surface area contributed by atoms with E-state index in [2.05, 4.69) is 15.5 Å². The minimum Gasteiger partial charge on any atom is -0.348 e. The summed E-state index contributed by atoms with van der Waals surface area (Å²) in [7, 11) is 0. The SMILES string of the molecule is O=C(NCC1CCN(C2CCCC2)CC1)C(=O)Nc1ccccc1C(F)(F)F. The second kappa shape index (κ2) is 8.94. The van der Waals surface area contributed by atoms with E-state index in [0.29, 0.717) is 12.6 Å². The minimum absolute atomic E-state index is 0.289. The van der Waals surface area contributed by atoms with Crippen molar-refractivity contribution in [3.05, 3.63) is 29.8 Å². The Hall–Kier alpha value is -2.09. The molecule has 2 N–H and O–H groups in total. The molecule has 28 heavy (non-hydrogen) atoms. The zero-order chi connectivity index (χ0) is 20.1. The smallest absolute Gasteiger partial charge is 0.348 e. The number of amides is 2. The molecule has 1 aliphatic heterocycles. The van der Waals surface area contributed by atoms with Crippen molar-refractivity contribution in [1.29, 1.82) is 0 Å². The van der Waals surface area contributed by atoms with Gasteiger partial charge in [0.15, 0.2) is 0 Å². The predicted molar refractivity (Wildman–Crippen MR) is 99.6 cm³/mol. The van der Waals surface area contributed by atoms with E-state index < -0.39 is 29.2 Å². The average Bonchev–Trinajstić information content (AvgIpc) is 3.21. The van der Waals surface area contributed by atoms with Gasteiger partial charge in [0.1, 0.15) is 0 Å². The monoisotopic (exact) mass is 397 g/mol. The van der Waals surface area contributed by atoms with Gasteiger partial charge in [-0.25, -0.2) is 0 Å². The number of anilines is 1. The van der Waals surface area contributed by atoms with E-state index in [1.54, 1.807) is 0 Å². The lowest BCUT2D eigenvalue weighted by atomic mass is 9.95. The number of halogens is 3. The van der Waals surface area contributed by atoms with Crippen LogP contribution in [-0.4, -0.2) is 42.4 Å². The van der Waals surface area contributed by atoms with E-state index in [4.69, 9.17) is 0 Å². The fourth-order valence-corrected chi connectivity index (χ4v) is 4.13. The third-order valence-electron chi connectivity index (χ3n) is 5.73. The molecule has 2 fully saturated rings. The van der Waals surface area contributed by atoms with Gasteiger partial charge in [0.05, 0.1) is 11.3 Å². The summed E-state index contributed by atoms with van der Waals surface area (Å²) in [5.41, 5.74) is -1.39. The van der Waals surface area contributed by atoms with Crippen LogP contribution >= 0.6 is 0 Å². The molecule has 8 heteroatoms. The lowest BCUT2D eigenvalue weighted by Gasteiger charge is -2.36. The molecule has 0 atom stereocenters. The van der Waals surface area contributed by atoms with Gasteiger partial charge in [-0.1, -0.05) is 25.0 Å². The van der Waals surface area contributed by atoms with Crippen molar-refractivity contribution in [2.45, 2.75) is 50.7 Å². The number of nitrogens with one attached hydrogen (secondary N) is 2. The third-order valence-corrected chi connectivity index (χ3v) is 5.73. The van der Waals surface area contributed by atoms with Gasteiger partial charge in [0, 0.05) is 12.6 Å². The summed E-state index contributed by atoms with van der Waals surface area (Å²) in [5, 5.41) is 4.63. The summed E-state index contributed by atoms with van der Waals surface area (Å²) in [6.07, 6.45) is 2.43. The molecule has 1 saturated carbocycles. The highest BCUT2D eigenvalue weighted by molar-refractivity contribution is 6.39. The zero-order valence-corrected chi connectivity index (χ0v) is 15.7. The van der Waals surface area contributed by atoms with E-state index in [-0.39, 0.29) is 5.92 Å². The quantitative estimate of drug-likeness (QED) is 0.766. The van der Waals surface area contributed by atoms with Crippen LogP contribution in [0, 0.1) is 5.92 Å². The molecule has 2 amide bonds. The van der Waals surface area contributed by atoms with Crippen LogP contribution in [0.4, 0.5) is 18.9 Å². The van der Waals surface area contributed by atoms with Crippen LogP contribution in [0.25, 0.3) is 0 Å². The van der Waals surface area contributed by atoms with Crippen molar-refractivity contribution in [2.24, 2.45) is 5.92 Å². The van der Waals surface area contributed by atoms with Gasteiger partial charge in [-0.3, -0.25) is 9.59 Å². The molecule has 0 aromatic heterocycles. The van der Waals surface area contributed by atoms with Crippen LogP contribution < -0.4 is 10.6 Å². The Balaban J connectivity index is 1.45. The Kier molecular flexibility index (Phi) is 6.59. The van der Waals surface area contributed by atoms with E-state index in [9.17, 15) is 22.8 Å². The maximum Gasteiger partial charge on any atom is 0.418 e. The summed E-state index contributed by atoms with van der Waals surface area (Å²) in [4.78, 5) is 26.5. The number of alkyl halides is 3. The number of rotatable bonds is 4. The molecule has 5 nitrogen and oxygen atoms in total. The number of likely N-dealkylation sites (tertiary alicyclic amines) is 1. The number of hydrogen-bond acceptors (Lipinski definition) is 3. The summed E-state index contributed by atoms with van der Waals surface area (Å²) in [6.45, 7) is 2.36. The van der Waals surface area contributed by atoms with Gasteiger partial charge in [-0.05, 0) is 56.8 Å². The Morgan fingerprint density at radius 2 is 1.64 bits per heavy atom. The largest absolute Gasteiger partial charge is 0.418 e. The van der Waals surface area contributed by atoms with Crippen LogP contribution in [-0.2, 0) is 15.8 Å². The number of piperidine rings is 1. The van der Waals surface area contributed by atoms with Gasteiger partial charge in [-0.15, -0.1) is 0 Å². The molecule has 0 bridgehead atoms. The van der Waals surface area contributed by atoms with E-state index >= 15 is 0 Å². The molecule has 1 heterocycles. The number of benzene rings is 1. The van der Waals surface area contributed by atoms with Crippen molar-refractivity contribution in [3.8, 4) is 0 Å². The molecule has 1 aromatic carbocycles. The minimum atomic E-state index is -4.60. The summed E-state index contributed by atoms with van der Waals surface area (Å²) in [5.74, 6) is -1.70. The standard InChI is InChI=1S/C20H26F3N3O2/c21-20(22,23)16-7-3-4-8-17(16)25-19(28)18(27)24-13-14-9-11-26(12-10-14)15-5-1-2-6-15/h3-4,7-8,14-15H,1-2,5-6,9-13H2,(H,24,27)(H,25,28). The number of hydrogen-bond donors (Lipinski definition) is 2. The number of nitrogens with zero attached hydrogens (tertiary/aromatic N) is 1. The first-order chi connectivity index (χ1) is 13.3. The molecule has 3 rings (SSSR count). The molecule has 1 saturated heterocycles. The number of carbonyl (C=O) groups is 2. The van der Waals surface area contributed by atoms with Crippen LogP contribution in [0.3, 0.4) is 0 Å². The Bertz CT molecular complexity index is 694. The third kappa shape index (κ3) is 5.25. The first-order valence-electron chi connectivity index (χ1n) is 9.84. The van der Waals surface area contributed by atoms with Crippen LogP contribution in [0.1, 0.15) is 44.1 Å². The van der Waals surface area contributed by atoms with Crippen molar-refractivity contribution < 1.29 is 22.8 Å². The molecular weight excluding hydrogens is 371 g/mol. The first-order valence-corrected chi connectivity index (χ1v) is 9.84. The number of para-hydroxylation sites is 1. The number of carbonyl (C=O) groups excluding carboxylic acids is 2. The second-order valence-corrected chi connectivity index (χ2v) is 7.63. The lowest BCUT2D eigenvalue weighted by Crippen LogP contribution is -2.44. The summed E-state index contributed by atoms with van der Waals surface area (Å²) < 4.78 is 38.9. The molecule has 2 aliphatic rings.